The van der Waals surface area contributed by atoms with Crippen molar-refractivity contribution in [3.8, 4) is 17.2 Å². The maximum Gasteiger partial charge on any atom is 0.260 e. The van der Waals surface area contributed by atoms with Gasteiger partial charge in [-0.1, -0.05) is 12.1 Å². The Kier molecular flexibility index (Phi) is 6.69. The number of nitrogens with one attached hydrogen (secondary N) is 1. The molecule has 0 unspecified atom stereocenters. The Bertz CT molecular complexity index is 697. The van der Waals surface area contributed by atoms with Gasteiger partial charge in [0.1, 0.15) is 23.9 Å². The zero-order valence-electron chi connectivity index (χ0n) is 15.2. The largest absolute Gasteiger partial charge is 0.497 e. The lowest BCUT2D eigenvalue weighted by molar-refractivity contribution is -0.127. The van der Waals surface area contributed by atoms with E-state index in [-0.39, 0.29) is 5.91 Å². The highest BCUT2D eigenvalue weighted by molar-refractivity contribution is 5.80. The predicted molar refractivity (Wildman–Crippen MR) is 97.5 cm³/mol. The molecule has 25 heavy (non-hydrogen) atoms. The van der Waals surface area contributed by atoms with E-state index in [1.165, 1.54) is 5.56 Å². The van der Waals surface area contributed by atoms with E-state index in [0.29, 0.717) is 18.9 Å². The van der Waals surface area contributed by atoms with Gasteiger partial charge in [-0.05, 0) is 62.2 Å². The molecule has 2 aromatic carbocycles. The van der Waals surface area contributed by atoms with Gasteiger partial charge < -0.3 is 19.5 Å². The minimum atomic E-state index is -0.589. The van der Waals surface area contributed by atoms with Crippen LogP contribution < -0.4 is 19.5 Å². The minimum absolute atomic E-state index is 0.180. The lowest BCUT2D eigenvalue weighted by Gasteiger charge is -2.15. The summed E-state index contributed by atoms with van der Waals surface area (Å²) >= 11 is 0. The quantitative estimate of drug-likeness (QED) is 0.748. The second kappa shape index (κ2) is 8.97. The van der Waals surface area contributed by atoms with Gasteiger partial charge in [-0.25, -0.2) is 0 Å². The van der Waals surface area contributed by atoms with Gasteiger partial charge in [-0.15, -0.1) is 0 Å². The molecule has 0 saturated heterocycles. The molecule has 1 amide bonds. The van der Waals surface area contributed by atoms with Crippen LogP contribution >= 0.6 is 0 Å². The van der Waals surface area contributed by atoms with Crippen LogP contribution in [-0.2, 0) is 4.79 Å². The summed E-state index contributed by atoms with van der Waals surface area (Å²) in [6.45, 7) is 6.61. The van der Waals surface area contributed by atoms with Crippen molar-refractivity contribution in [2.75, 3.05) is 20.3 Å². The Hall–Kier alpha value is -2.69. The topological polar surface area (TPSA) is 56.8 Å². The van der Waals surface area contributed by atoms with E-state index in [9.17, 15) is 4.79 Å². The van der Waals surface area contributed by atoms with Crippen LogP contribution in [0.3, 0.4) is 0 Å². The number of amides is 1. The lowest BCUT2D eigenvalue weighted by Crippen LogP contribution is -2.38. The van der Waals surface area contributed by atoms with E-state index in [2.05, 4.69) is 5.32 Å². The fourth-order valence-corrected chi connectivity index (χ4v) is 2.27. The summed E-state index contributed by atoms with van der Waals surface area (Å²) in [5.74, 6) is 2.03. The summed E-state index contributed by atoms with van der Waals surface area (Å²) in [6, 6.07) is 13.1. The molecule has 0 saturated carbocycles. The Morgan fingerprint density at radius 2 is 1.76 bits per heavy atom. The molecule has 0 aliphatic carbocycles. The number of hydrogen-bond donors (Lipinski definition) is 1. The molecule has 2 aromatic rings. The first-order valence-corrected chi connectivity index (χ1v) is 8.28. The van der Waals surface area contributed by atoms with Crippen LogP contribution in [-0.4, -0.2) is 32.3 Å². The fraction of sp³-hybridized carbons (Fsp3) is 0.350. The molecule has 1 atom stereocenters. The molecular weight excluding hydrogens is 318 g/mol. The van der Waals surface area contributed by atoms with Crippen molar-refractivity contribution < 1.29 is 19.0 Å². The average Bonchev–Trinajstić information content (AvgIpc) is 2.62. The summed E-state index contributed by atoms with van der Waals surface area (Å²) < 4.78 is 16.4. The molecular formula is C20H25NO4. The molecule has 0 aliphatic heterocycles. The Morgan fingerprint density at radius 3 is 2.44 bits per heavy atom. The molecule has 0 fully saturated rings. The second-order valence-corrected chi connectivity index (χ2v) is 5.77. The van der Waals surface area contributed by atoms with E-state index < -0.39 is 6.10 Å². The van der Waals surface area contributed by atoms with Crippen molar-refractivity contribution in [1.29, 1.82) is 0 Å². The van der Waals surface area contributed by atoms with Crippen LogP contribution in [0, 0.1) is 13.8 Å². The number of methoxy groups -OCH3 is 1. The molecule has 5 nitrogen and oxygen atoms in total. The lowest BCUT2D eigenvalue weighted by atomic mass is 10.1. The number of ether oxygens (including phenoxy) is 3. The highest BCUT2D eigenvalue weighted by Gasteiger charge is 2.14. The third-order valence-corrected chi connectivity index (χ3v) is 3.96. The monoisotopic (exact) mass is 343 g/mol. The van der Waals surface area contributed by atoms with Gasteiger partial charge in [0.25, 0.3) is 5.91 Å². The van der Waals surface area contributed by atoms with Crippen molar-refractivity contribution in [2.24, 2.45) is 0 Å². The van der Waals surface area contributed by atoms with Crippen LogP contribution in [0.5, 0.6) is 17.2 Å². The van der Waals surface area contributed by atoms with Crippen molar-refractivity contribution >= 4 is 5.91 Å². The van der Waals surface area contributed by atoms with Crippen LogP contribution in [0.15, 0.2) is 42.5 Å². The van der Waals surface area contributed by atoms with Gasteiger partial charge in [0.2, 0.25) is 0 Å². The summed E-state index contributed by atoms with van der Waals surface area (Å²) in [5, 5.41) is 2.82. The van der Waals surface area contributed by atoms with Crippen LogP contribution in [0.4, 0.5) is 0 Å². The summed E-state index contributed by atoms with van der Waals surface area (Å²) in [7, 11) is 1.60. The summed E-state index contributed by atoms with van der Waals surface area (Å²) in [5.41, 5.74) is 2.30. The molecule has 0 radical (unpaired) electrons. The normalized spacial score (nSPS) is 11.5. The zero-order valence-corrected chi connectivity index (χ0v) is 15.2. The van der Waals surface area contributed by atoms with Gasteiger partial charge in [-0.3, -0.25) is 4.79 Å². The second-order valence-electron chi connectivity index (χ2n) is 5.77. The number of hydrogen-bond acceptors (Lipinski definition) is 4. The SMILES string of the molecule is COc1ccc(O[C@H](C)C(=O)NCCOc2cccc(C)c2C)cc1. The van der Waals surface area contributed by atoms with Crippen molar-refractivity contribution in [3.05, 3.63) is 53.6 Å². The Balaban J connectivity index is 1.74. The molecule has 0 spiro atoms. The van der Waals surface area contributed by atoms with Gasteiger partial charge in [0.05, 0.1) is 13.7 Å². The maximum atomic E-state index is 12.1. The Labute approximate surface area is 148 Å². The van der Waals surface area contributed by atoms with E-state index in [1.54, 1.807) is 38.3 Å². The molecule has 2 rings (SSSR count). The Morgan fingerprint density at radius 1 is 1.08 bits per heavy atom. The van der Waals surface area contributed by atoms with Crippen LogP contribution in [0.2, 0.25) is 0 Å². The van der Waals surface area contributed by atoms with E-state index in [0.717, 1.165) is 17.1 Å². The third-order valence-electron chi connectivity index (χ3n) is 3.96. The number of carbonyl (C=O) groups is 1. The van der Waals surface area contributed by atoms with Gasteiger partial charge >= 0.3 is 0 Å². The van der Waals surface area contributed by atoms with Crippen molar-refractivity contribution in [3.63, 3.8) is 0 Å². The first kappa shape index (κ1) is 18.6. The number of carbonyl (C=O) groups excluding carboxylic acids is 1. The van der Waals surface area contributed by atoms with Gasteiger partial charge in [0, 0.05) is 0 Å². The molecule has 0 aliphatic rings. The minimum Gasteiger partial charge on any atom is -0.497 e. The number of rotatable bonds is 8. The third kappa shape index (κ3) is 5.41. The first-order valence-electron chi connectivity index (χ1n) is 8.28. The number of benzene rings is 2. The summed E-state index contributed by atoms with van der Waals surface area (Å²) in [6.07, 6.45) is -0.589. The zero-order chi connectivity index (χ0) is 18.2. The number of aryl methyl sites for hydroxylation is 1. The molecule has 5 heteroatoms. The van der Waals surface area contributed by atoms with Crippen molar-refractivity contribution in [1.82, 2.24) is 5.32 Å². The molecule has 0 heterocycles. The smallest absolute Gasteiger partial charge is 0.260 e. The summed E-state index contributed by atoms with van der Waals surface area (Å²) in [4.78, 5) is 12.1. The van der Waals surface area contributed by atoms with E-state index in [1.807, 2.05) is 32.0 Å². The van der Waals surface area contributed by atoms with Gasteiger partial charge in [-0.2, -0.15) is 0 Å². The fourth-order valence-electron chi connectivity index (χ4n) is 2.27. The van der Waals surface area contributed by atoms with E-state index in [4.69, 9.17) is 14.2 Å². The highest BCUT2D eigenvalue weighted by atomic mass is 16.5. The average molecular weight is 343 g/mol. The first-order chi connectivity index (χ1) is 12.0. The highest BCUT2D eigenvalue weighted by Crippen LogP contribution is 2.20. The van der Waals surface area contributed by atoms with Gasteiger partial charge in [0.15, 0.2) is 6.10 Å². The van der Waals surface area contributed by atoms with E-state index >= 15 is 0 Å². The van der Waals surface area contributed by atoms with Crippen LogP contribution in [0.25, 0.3) is 0 Å². The standard InChI is InChI=1S/C20H25NO4/c1-14-6-5-7-19(15(14)2)24-13-12-21-20(22)16(3)25-18-10-8-17(23-4)9-11-18/h5-11,16H,12-13H2,1-4H3,(H,21,22)/t16-/m1/s1. The molecule has 0 aromatic heterocycles. The predicted octanol–water partition coefficient (Wildman–Crippen LogP) is 3.27. The molecule has 0 bridgehead atoms. The molecule has 134 valence electrons. The maximum absolute atomic E-state index is 12.1. The molecule has 1 N–H and O–H groups in total. The van der Waals surface area contributed by atoms with Crippen LogP contribution in [0.1, 0.15) is 18.1 Å². The van der Waals surface area contributed by atoms with Crippen molar-refractivity contribution in [2.45, 2.75) is 26.9 Å².